The Bertz CT molecular complexity index is 811. The summed E-state index contributed by atoms with van der Waals surface area (Å²) in [4.78, 5) is 65.7. The third-order valence-corrected chi connectivity index (χ3v) is 7.06. The van der Waals surface area contributed by atoms with Crippen molar-refractivity contribution < 1.29 is 39.3 Å². The molecule has 14 heteroatoms. The zero-order valence-electron chi connectivity index (χ0n) is 25.4. The molecule has 2 amide bonds. The van der Waals surface area contributed by atoms with Gasteiger partial charge in [-0.25, -0.2) is 0 Å². The number of unbranched alkanes of at least 4 members (excludes halogenated alkanes) is 2. The van der Waals surface area contributed by atoms with E-state index < -0.39 is 17.9 Å². The van der Waals surface area contributed by atoms with Gasteiger partial charge in [0.05, 0.1) is 26.2 Å². The maximum atomic E-state index is 12.7. The van der Waals surface area contributed by atoms with Crippen molar-refractivity contribution in [3.05, 3.63) is 0 Å². The standard InChI is InChI=1S/C28H52N6O8/c1-23(2)7-6-10-29-24(35)8-4-3-5-9-30-25(36)19-31-11-13-32(20-26(37)38)15-17-34(22-28(41)42)18-16-33(14-12-31)21-27(39)40/h23H,3-22H2,1-2H3,(H,29,35)(H,30,36)(H,37,38)(H,39,40)(H,41,42). The summed E-state index contributed by atoms with van der Waals surface area (Å²) in [7, 11) is 0. The highest BCUT2D eigenvalue weighted by molar-refractivity contribution is 5.78. The van der Waals surface area contributed by atoms with Crippen molar-refractivity contribution in [1.29, 1.82) is 0 Å². The first-order chi connectivity index (χ1) is 19.9. The van der Waals surface area contributed by atoms with E-state index in [1.807, 2.05) is 4.90 Å². The van der Waals surface area contributed by atoms with Crippen molar-refractivity contribution in [2.45, 2.75) is 52.4 Å². The molecule has 0 unspecified atom stereocenters. The Labute approximate surface area is 249 Å². The number of carboxylic acid groups (broad SMARTS) is 3. The van der Waals surface area contributed by atoms with Crippen LogP contribution in [0.1, 0.15) is 52.4 Å². The van der Waals surface area contributed by atoms with Crippen LogP contribution in [0.2, 0.25) is 0 Å². The van der Waals surface area contributed by atoms with Gasteiger partial charge in [-0.15, -0.1) is 0 Å². The van der Waals surface area contributed by atoms with E-state index in [-0.39, 0.29) is 38.0 Å². The molecule has 1 aliphatic heterocycles. The lowest BCUT2D eigenvalue weighted by Crippen LogP contribution is -2.49. The van der Waals surface area contributed by atoms with Gasteiger partial charge in [0.1, 0.15) is 0 Å². The van der Waals surface area contributed by atoms with Gasteiger partial charge in [0.15, 0.2) is 0 Å². The Hall–Kier alpha value is -2.81. The summed E-state index contributed by atoms with van der Waals surface area (Å²) in [5, 5.41) is 33.8. The zero-order chi connectivity index (χ0) is 31.3. The number of amides is 2. The summed E-state index contributed by atoms with van der Waals surface area (Å²) in [6.45, 7) is 7.77. The van der Waals surface area contributed by atoms with Crippen molar-refractivity contribution in [3.8, 4) is 0 Å². The number of hydrogen-bond acceptors (Lipinski definition) is 9. The summed E-state index contributed by atoms with van der Waals surface area (Å²) in [5.74, 6) is -2.48. The molecule has 0 aromatic carbocycles. The summed E-state index contributed by atoms with van der Waals surface area (Å²) in [5.41, 5.74) is 0. The Balaban J connectivity index is 2.57. The van der Waals surface area contributed by atoms with Gasteiger partial charge in [-0.05, 0) is 31.6 Å². The molecule has 0 aromatic rings. The summed E-state index contributed by atoms with van der Waals surface area (Å²) < 4.78 is 0. The topological polar surface area (TPSA) is 183 Å². The molecule has 0 aliphatic carbocycles. The highest BCUT2D eigenvalue weighted by Crippen LogP contribution is 2.04. The van der Waals surface area contributed by atoms with Gasteiger partial charge in [-0.2, -0.15) is 0 Å². The number of carboxylic acids is 3. The maximum Gasteiger partial charge on any atom is 0.317 e. The van der Waals surface area contributed by atoms with E-state index in [9.17, 15) is 39.3 Å². The third-order valence-electron chi connectivity index (χ3n) is 7.06. The highest BCUT2D eigenvalue weighted by atomic mass is 16.4. The molecule has 14 nitrogen and oxygen atoms in total. The van der Waals surface area contributed by atoms with Gasteiger partial charge < -0.3 is 26.0 Å². The SMILES string of the molecule is CC(C)CCCNC(=O)CCCCCNC(=O)CN1CCN(CC(=O)O)CCN(CC(=O)O)CCN(CC(=O)O)CC1. The lowest BCUT2D eigenvalue weighted by atomic mass is 10.1. The fraction of sp³-hybridized carbons (Fsp3) is 0.821. The molecule has 0 radical (unpaired) electrons. The Kier molecular flexibility index (Phi) is 19.3. The second-order valence-corrected chi connectivity index (χ2v) is 11.3. The van der Waals surface area contributed by atoms with Crippen molar-refractivity contribution >= 4 is 29.7 Å². The maximum absolute atomic E-state index is 12.7. The second-order valence-electron chi connectivity index (χ2n) is 11.3. The molecule has 0 saturated carbocycles. The number of nitrogens with zero attached hydrogens (tertiary/aromatic N) is 4. The predicted molar refractivity (Wildman–Crippen MR) is 157 cm³/mol. The van der Waals surface area contributed by atoms with Gasteiger partial charge in [0.25, 0.3) is 0 Å². The fourth-order valence-corrected chi connectivity index (χ4v) is 4.69. The van der Waals surface area contributed by atoms with Crippen molar-refractivity contribution in [2.24, 2.45) is 5.92 Å². The average Bonchev–Trinajstić information content (AvgIpc) is 2.89. The van der Waals surface area contributed by atoms with E-state index in [1.165, 1.54) is 0 Å². The minimum Gasteiger partial charge on any atom is -0.480 e. The van der Waals surface area contributed by atoms with Crippen LogP contribution in [-0.4, -0.2) is 156 Å². The molecule has 1 fully saturated rings. The van der Waals surface area contributed by atoms with Crippen molar-refractivity contribution in [1.82, 2.24) is 30.2 Å². The van der Waals surface area contributed by atoms with Crippen LogP contribution in [0.5, 0.6) is 0 Å². The van der Waals surface area contributed by atoms with Gasteiger partial charge in [0.2, 0.25) is 11.8 Å². The number of carbonyl (C=O) groups is 5. The molecule has 5 N–H and O–H groups in total. The molecule has 42 heavy (non-hydrogen) atoms. The number of carbonyl (C=O) groups excluding carboxylic acids is 2. The first-order valence-corrected chi connectivity index (χ1v) is 15.0. The summed E-state index contributed by atoms with van der Waals surface area (Å²) >= 11 is 0. The van der Waals surface area contributed by atoms with Gasteiger partial charge in [-0.3, -0.25) is 43.6 Å². The third kappa shape index (κ3) is 20.1. The minimum absolute atomic E-state index is 0.0570. The number of aliphatic carboxylic acids is 3. The second kappa shape index (κ2) is 21.8. The molecule has 0 spiro atoms. The van der Waals surface area contributed by atoms with Crippen LogP contribution in [0, 0.1) is 5.92 Å². The number of hydrogen-bond donors (Lipinski definition) is 5. The quantitative estimate of drug-likeness (QED) is 0.130. The first kappa shape index (κ1) is 37.2. The van der Waals surface area contributed by atoms with E-state index in [1.54, 1.807) is 14.7 Å². The predicted octanol–water partition coefficient (Wildman–Crippen LogP) is -0.309. The van der Waals surface area contributed by atoms with Crippen molar-refractivity contribution in [2.75, 3.05) is 91.6 Å². The summed E-state index contributed by atoms with van der Waals surface area (Å²) in [6, 6.07) is 0. The van der Waals surface area contributed by atoms with Crippen LogP contribution in [0.4, 0.5) is 0 Å². The molecule has 0 atom stereocenters. The average molecular weight is 601 g/mol. The van der Waals surface area contributed by atoms with E-state index in [4.69, 9.17) is 0 Å². The Morgan fingerprint density at radius 1 is 0.548 bits per heavy atom. The van der Waals surface area contributed by atoms with Crippen LogP contribution in [0.15, 0.2) is 0 Å². The number of rotatable bonds is 18. The van der Waals surface area contributed by atoms with E-state index in [2.05, 4.69) is 24.5 Å². The largest absolute Gasteiger partial charge is 0.480 e. The van der Waals surface area contributed by atoms with Crippen LogP contribution in [0.25, 0.3) is 0 Å². The van der Waals surface area contributed by atoms with Crippen LogP contribution < -0.4 is 10.6 Å². The monoisotopic (exact) mass is 600 g/mol. The Morgan fingerprint density at radius 2 is 0.929 bits per heavy atom. The zero-order valence-corrected chi connectivity index (χ0v) is 25.4. The van der Waals surface area contributed by atoms with E-state index in [0.717, 1.165) is 32.1 Å². The molecular weight excluding hydrogens is 548 g/mol. The van der Waals surface area contributed by atoms with Crippen LogP contribution >= 0.6 is 0 Å². The van der Waals surface area contributed by atoms with Gasteiger partial charge in [0, 0.05) is 71.9 Å². The van der Waals surface area contributed by atoms with Crippen molar-refractivity contribution in [3.63, 3.8) is 0 Å². The normalized spacial score (nSPS) is 16.8. The molecule has 0 aromatic heterocycles. The van der Waals surface area contributed by atoms with Crippen LogP contribution in [0.3, 0.4) is 0 Å². The molecular formula is C28H52N6O8. The molecule has 1 rings (SSSR count). The first-order valence-electron chi connectivity index (χ1n) is 15.0. The fourth-order valence-electron chi connectivity index (χ4n) is 4.69. The van der Waals surface area contributed by atoms with Gasteiger partial charge >= 0.3 is 17.9 Å². The lowest BCUT2D eigenvalue weighted by molar-refractivity contribution is -0.140. The molecule has 1 heterocycles. The van der Waals surface area contributed by atoms with Crippen LogP contribution in [-0.2, 0) is 24.0 Å². The van der Waals surface area contributed by atoms with E-state index in [0.29, 0.717) is 77.8 Å². The Morgan fingerprint density at radius 3 is 1.33 bits per heavy atom. The molecule has 0 bridgehead atoms. The smallest absolute Gasteiger partial charge is 0.317 e. The highest BCUT2D eigenvalue weighted by Gasteiger charge is 2.21. The summed E-state index contributed by atoms with van der Waals surface area (Å²) in [6.07, 6.45) is 4.85. The molecule has 1 saturated heterocycles. The molecule has 1 aliphatic rings. The molecule has 242 valence electrons. The lowest BCUT2D eigenvalue weighted by Gasteiger charge is -2.32. The number of nitrogens with one attached hydrogen (secondary N) is 2. The van der Waals surface area contributed by atoms with Gasteiger partial charge in [-0.1, -0.05) is 20.3 Å². The van der Waals surface area contributed by atoms with E-state index >= 15 is 0 Å². The minimum atomic E-state index is -1.01.